The van der Waals surface area contributed by atoms with Gasteiger partial charge >= 0.3 is 6.03 Å². The number of anilines is 1. The monoisotopic (exact) mass is 281 g/mol. The van der Waals surface area contributed by atoms with Gasteiger partial charge in [-0.15, -0.1) is 0 Å². The van der Waals surface area contributed by atoms with Crippen LogP contribution in [0.1, 0.15) is 33.1 Å². The topological polar surface area (TPSA) is 44.4 Å². The quantitative estimate of drug-likeness (QED) is 0.869. The second-order valence-electron chi connectivity index (χ2n) is 5.11. The van der Waals surface area contributed by atoms with Crippen LogP contribution >= 0.6 is 11.6 Å². The summed E-state index contributed by atoms with van der Waals surface area (Å²) in [5, 5.41) is 5.50. The molecule has 2 atom stereocenters. The van der Waals surface area contributed by atoms with Crippen molar-refractivity contribution in [2.45, 2.75) is 45.2 Å². The molecule has 0 unspecified atom stereocenters. The number of carbonyl (C=O) groups excluding carboxylic acids is 1. The number of benzene rings is 1. The van der Waals surface area contributed by atoms with Gasteiger partial charge in [0.05, 0.1) is 0 Å². The van der Waals surface area contributed by atoms with Crippen LogP contribution in [0, 0.1) is 0 Å². The van der Waals surface area contributed by atoms with Gasteiger partial charge in [0.2, 0.25) is 0 Å². The second kappa shape index (κ2) is 6.26. The number of rotatable bonds is 2. The van der Waals surface area contributed by atoms with Gasteiger partial charge in [0.1, 0.15) is 0 Å². The first-order valence-electron chi connectivity index (χ1n) is 6.68. The Balaban J connectivity index is 1.91. The number of piperidine rings is 1. The number of halogens is 1. The van der Waals surface area contributed by atoms with Crippen LogP contribution in [-0.4, -0.2) is 23.1 Å². The Morgan fingerprint density at radius 2 is 1.79 bits per heavy atom. The van der Waals surface area contributed by atoms with Crippen LogP contribution in [0.2, 0.25) is 5.02 Å². The molecule has 1 aromatic rings. The largest absolute Gasteiger partial charge is 0.333 e. The molecule has 19 heavy (non-hydrogen) atoms. The van der Waals surface area contributed by atoms with Crippen molar-refractivity contribution in [1.82, 2.24) is 10.4 Å². The van der Waals surface area contributed by atoms with Gasteiger partial charge in [0.15, 0.2) is 0 Å². The van der Waals surface area contributed by atoms with E-state index in [1.54, 1.807) is 24.3 Å². The molecule has 0 aromatic heterocycles. The van der Waals surface area contributed by atoms with E-state index in [0.717, 1.165) is 18.5 Å². The lowest BCUT2D eigenvalue weighted by Gasteiger charge is -2.38. The van der Waals surface area contributed by atoms with Gasteiger partial charge in [0, 0.05) is 22.8 Å². The molecule has 2 rings (SSSR count). The summed E-state index contributed by atoms with van der Waals surface area (Å²) in [5.74, 6) is 0. The smallest absolute Gasteiger partial charge is 0.307 e. The zero-order chi connectivity index (χ0) is 13.8. The van der Waals surface area contributed by atoms with Crippen molar-refractivity contribution in [3.8, 4) is 0 Å². The third-order valence-electron chi connectivity index (χ3n) is 3.53. The standard InChI is InChI=1S/C14H20ClN3O/c1-10-4-3-5-11(2)18(10)17-14(19)16-13-8-6-12(15)7-9-13/h6-11H,3-5H2,1-2H3,(H2,16,17,19)/t10-,11-/m1/s1. The molecule has 1 aliphatic heterocycles. The number of hydrazine groups is 1. The number of nitrogens with one attached hydrogen (secondary N) is 2. The van der Waals surface area contributed by atoms with Crippen molar-refractivity contribution in [3.63, 3.8) is 0 Å². The van der Waals surface area contributed by atoms with Crippen LogP contribution in [0.5, 0.6) is 0 Å². The zero-order valence-electron chi connectivity index (χ0n) is 11.3. The molecule has 0 saturated carbocycles. The first-order chi connectivity index (χ1) is 9.06. The average molecular weight is 282 g/mol. The van der Waals surface area contributed by atoms with Gasteiger partial charge in [-0.2, -0.15) is 0 Å². The van der Waals surface area contributed by atoms with Crippen molar-refractivity contribution < 1.29 is 4.79 Å². The van der Waals surface area contributed by atoms with E-state index in [-0.39, 0.29) is 6.03 Å². The Hall–Kier alpha value is -1.26. The number of carbonyl (C=O) groups is 1. The van der Waals surface area contributed by atoms with E-state index in [9.17, 15) is 4.79 Å². The molecule has 1 saturated heterocycles. The van der Waals surface area contributed by atoms with Crippen LogP contribution in [0.25, 0.3) is 0 Å². The maximum absolute atomic E-state index is 12.0. The normalized spacial score (nSPS) is 23.9. The van der Waals surface area contributed by atoms with E-state index in [4.69, 9.17) is 11.6 Å². The minimum atomic E-state index is -0.206. The second-order valence-corrected chi connectivity index (χ2v) is 5.55. The fraction of sp³-hybridized carbons (Fsp3) is 0.500. The van der Waals surface area contributed by atoms with E-state index in [2.05, 4.69) is 24.6 Å². The molecule has 0 radical (unpaired) electrons. The fourth-order valence-corrected chi connectivity index (χ4v) is 2.58. The fourth-order valence-electron chi connectivity index (χ4n) is 2.45. The molecule has 0 spiro atoms. The Labute approximate surface area is 119 Å². The van der Waals surface area contributed by atoms with E-state index < -0.39 is 0 Å². The average Bonchev–Trinajstić information content (AvgIpc) is 2.37. The van der Waals surface area contributed by atoms with Gasteiger partial charge in [-0.25, -0.2) is 9.80 Å². The highest BCUT2D eigenvalue weighted by Gasteiger charge is 2.25. The predicted octanol–water partition coefficient (Wildman–Crippen LogP) is 3.64. The molecule has 1 aliphatic rings. The summed E-state index contributed by atoms with van der Waals surface area (Å²) in [6.07, 6.45) is 3.45. The van der Waals surface area contributed by atoms with Crippen molar-refractivity contribution in [2.24, 2.45) is 0 Å². The maximum Gasteiger partial charge on any atom is 0.333 e. The summed E-state index contributed by atoms with van der Waals surface area (Å²) in [5.41, 5.74) is 3.67. The van der Waals surface area contributed by atoms with E-state index in [1.807, 2.05) is 5.01 Å². The van der Waals surface area contributed by atoms with Crippen molar-refractivity contribution >= 4 is 23.3 Å². The lowest BCUT2D eigenvalue weighted by Crippen LogP contribution is -2.55. The Morgan fingerprint density at radius 3 is 2.37 bits per heavy atom. The van der Waals surface area contributed by atoms with Crippen LogP contribution in [0.3, 0.4) is 0 Å². The van der Waals surface area contributed by atoms with Gasteiger partial charge in [-0.1, -0.05) is 18.0 Å². The van der Waals surface area contributed by atoms with Gasteiger partial charge in [0.25, 0.3) is 0 Å². The molecule has 1 aromatic carbocycles. The number of amides is 2. The van der Waals surface area contributed by atoms with Crippen molar-refractivity contribution in [3.05, 3.63) is 29.3 Å². The summed E-state index contributed by atoms with van der Waals surface area (Å²) in [6.45, 7) is 4.27. The third-order valence-corrected chi connectivity index (χ3v) is 3.78. The summed E-state index contributed by atoms with van der Waals surface area (Å²) >= 11 is 5.81. The molecular formula is C14H20ClN3O. The van der Waals surface area contributed by atoms with Crippen molar-refractivity contribution in [1.29, 1.82) is 0 Å². The summed E-state index contributed by atoms with van der Waals surface area (Å²) in [6, 6.07) is 7.62. The summed E-state index contributed by atoms with van der Waals surface area (Å²) in [4.78, 5) is 12.0. The first-order valence-corrected chi connectivity index (χ1v) is 7.05. The minimum absolute atomic E-state index is 0.206. The molecule has 1 fully saturated rings. The summed E-state index contributed by atoms with van der Waals surface area (Å²) < 4.78 is 0. The summed E-state index contributed by atoms with van der Waals surface area (Å²) in [7, 11) is 0. The molecule has 4 nitrogen and oxygen atoms in total. The highest BCUT2D eigenvalue weighted by molar-refractivity contribution is 6.30. The Morgan fingerprint density at radius 1 is 1.21 bits per heavy atom. The molecule has 5 heteroatoms. The number of nitrogens with zero attached hydrogens (tertiary/aromatic N) is 1. The number of hydrogen-bond donors (Lipinski definition) is 2. The lowest BCUT2D eigenvalue weighted by atomic mass is 10.00. The van der Waals surface area contributed by atoms with E-state index in [0.29, 0.717) is 17.1 Å². The van der Waals surface area contributed by atoms with E-state index >= 15 is 0 Å². The third kappa shape index (κ3) is 3.85. The highest BCUT2D eigenvalue weighted by atomic mass is 35.5. The molecule has 2 amide bonds. The van der Waals surface area contributed by atoms with Gasteiger partial charge in [-0.3, -0.25) is 5.43 Å². The Kier molecular flexibility index (Phi) is 4.66. The molecule has 104 valence electrons. The van der Waals surface area contributed by atoms with Crippen LogP contribution in [-0.2, 0) is 0 Å². The van der Waals surface area contributed by atoms with E-state index in [1.165, 1.54) is 6.42 Å². The van der Waals surface area contributed by atoms with Crippen molar-refractivity contribution in [2.75, 3.05) is 5.32 Å². The zero-order valence-corrected chi connectivity index (χ0v) is 12.1. The number of urea groups is 1. The van der Waals surface area contributed by atoms with Crippen LogP contribution in [0.15, 0.2) is 24.3 Å². The highest BCUT2D eigenvalue weighted by Crippen LogP contribution is 2.20. The van der Waals surface area contributed by atoms with Gasteiger partial charge < -0.3 is 5.32 Å². The maximum atomic E-state index is 12.0. The van der Waals surface area contributed by atoms with Crippen LogP contribution < -0.4 is 10.7 Å². The molecule has 1 heterocycles. The van der Waals surface area contributed by atoms with Gasteiger partial charge in [-0.05, 0) is 51.0 Å². The molecular weight excluding hydrogens is 262 g/mol. The predicted molar refractivity (Wildman–Crippen MR) is 78.2 cm³/mol. The molecule has 0 aliphatic carbocycles. The van der Waals surface area contributed by atoms with Crippen LogP contribution in [0.4, 0.5) is 10.5 Å². The molecule has 2 N–H and O–H groups in total. The Bertz CT molecular complexity index is 425. The molecule has 0 bridgehead atoms. The SMILES string of the molecule is C[C@@H]1CCC[C@@H](C)N1NC(=O)Nc1ccc(Cl)cc1. The number of hydrogen-bond acceptors (Lipinski definition) is 2. The first kappa shape index (κ1) is 14.2. The minimum Gasteiger partial charge on any atom is -0.307 e. The lowest BCUT2D eigenvalue weighted by molar-refractivity contribution is 0.0625.